The van der Waals surface area contributed by atoms with Crippen LogP contribution in [-0.2, 0) is 6.54 Å². The van der Waals surface area contributed by atoms with Gasteiger partial charge in [0.05, 0.1) is 24.9 Å². The molecule has 0 aliphatic rings. The molecule has 3 aromatic rings. The maximum absolute atomic E-state index is 12.6. The summed E-state index contributed by atoms with van der Waals surface area (Å²) < 4.78 is 10.5. The third-order valence-corrected chi connectivity index (χ3v) is 5.16. The number of anilines is 2. The Bertz CT molecular complexity index is 976. The van der Waals surface area contributed by atoms with Gasteiger partial charge < -0.3 is 20.1 Å². The van der Waals surface area contributed by atoms with E-state index in [4.69, 9.17) is 21.1 Å². The third-order valence-electron chi connectivity index (χ3n) is 3.87. The number of nitrogens with one attached hydrogen (secondary N) is 2. The van der Waals surface area contributed by atoms with E-state index in [2.05, 4.69) is 20.6 Å². The van der Waals surface area contributed by atoms with Gasteiger partial charge in [0.1, 0.15) is 10.7 Å². The minimum Gasteiger partial charge on any atom is -0.493 e. The number of aryl methyl sites for hydroxylation is 1. The van der Waals surface area contributed by atoms with Gasteiger partial charge in [0.2, 0.25) is 0 Å². The Morgan fingerprint density at radius 2 is 1.96 bits per heavy atom. The fourth-order valence-corrected chi connectivity index (χ4v) is 3.47. The van der Waals surface area contributed by atoms with E-state index < -0.39 is 0 Å². The normalized spacial score (nSPS) is 10.4. The van der Waals surface area contributed by atoms with E-state index in [0.717, 1.165) is 5.56 Å². The van der Waals surface area contributed by atoms with E-state index in [-0.39, 0.29) is 5.91 Å². The maximum atomic E-state index is 12.6. The van der Waals surface area contributed by atoms with Gasteiger partial charge in [-0.3, -0.25) is 4.79 Å². The molecule has 2 N–H and O–H groups in total. The Hall–Kier alpha value is -2.84. The van der Waals surface area contributed by atoms with Crippen LogP contribution < -0.4 is 20.1 Å². The first-order valence-electron chi connectivity index (χ1n) is 8.35. The van der Waals surface area contributed by atoms with Crippen LogP contribution in [0.4, 0.5) is 10.9 Å². The zero-order valence-electron chi connectivity index (χ0n) is 15.6. The minimum atomic E-state index is -0.193. The van der Waals surface area contributed by atoms with E-state index in [9.17, 15) is 4.79 Å². The molecule has 0 unspecified atom stereocenters. The molecular weight excluding hydrogens is 400 g/mol. The molecule has 0 spiro atoms. The molecule has 2 aromatic heterocycles. The van der Waals surface area contributed by atoms with Crippen molar-refractivity contribution in [1.82, 2.24) is 15.3 Å². The number of nitrogens with zero attached hydrogens (tertiary/aromatic N) is 2. The minimum absolute atomic E-state index is 0.193. The summed E-state index contributed by atoms with van der Waals surface area (Å²) in [6, 6.07) is 8.99. The second-order valence-electron chi connectivity index (χ2n) is 5.79. The molecule has 28 heavy (non-hydrogen) atoms. The van der Waals surface area contributed by atoms with E-state index in [1.807, 2.05) is 12.1 Å². The number of thiazole rings is 1. The molecule has 0 saturated heterocycles. The van der Waals surface area contributed by atoms with E-state index in [1.165, 1.54) is 11.3 Å². The quantitative estimate of drug-likeness (QED) is 0.598. The van der Waals surface area contributed by atoms with Crippen molar-refractivity contribution < 1.29 is 14.3 Å². The number of halogens is 1. The zero-order valence-corrected chi connectivity index (χ0v) is 17.1. The molecule has 0 fully saturated rings. The van der Waals surface area contributed by atoms with Gasteiger partial charge in [-0.2, -0.15) is 0 Å². The fraction of sp³-hybridized carbons (Fsp3) is 0.211. The predicted molar refractivity (Wildman–Crippen MR) is 110 cm³/mol. The first kappa shape index (κ1) is 19.9. The second-order valence-corrected chi connectivity index (χ2v) is 7.23. The molecule has 0 bridgehead atoms. The molecule has 0 saturated carbocycles. The highest BCUT2D eigenvalue weighted by Crippen LogP contribution is 2.28. The van der Waals surface area contributed by atoms with Gasteiger partial charge >= 0.3 is 0 Å². The van der Waals surface area contributed by atoms with Crippen LogP contribution in [0.3, 0.4) is 0 Å². The Morgan fingerprint density at radius 1 is 1.18 bits per heavy atom. The van der Waals surface area contributed by atoms with Crippen molar-refractivity contribution in [2.75, 3.05) is 19.5 Å². The number of ether oxygens (including phenoxy) is 2. The number of pyridine rings is 1. The number of hydrogen-bond donors (Lipinski definition) is 2. The third kappa shape index (κ3) is 4.71. The van der Waals surface area contributed by atoms with Crippen molar-refractivity contribution >= 4 is 39.8 Å². The number of amides is 1. The van der Waals surface area contributed by atoms with E-state index in [0.29, 0.717) is 44.6 Å². The Kier molecular flexibility index (Phi) is 6.33. The SMILES string of the molecule is COc1ccc(CNC(=O)c2sc(Nc3ccc(Cl)cn3)nc2C)cc1OC. The second kappa shape index (κ2) is 8.90. The van der Waals surface area contributed by atoms with Crippen molar-refractivity contribution in [2.45, 2.75) is 13.5 Å². The number of rotatable bonds is 7. The molecule has 3 rings (SSSR count). The average molecular weight is 419 g/mol. The molecule has 1 amide bonds. The lowest BCUT2D eigenvalue weighted by atomic mass is 10.2. The molecule has 7 nitrogen and oxygen atoms in total. The Labute approximate surface area is 171 Å². The van der Waals surface area contributed by atoms with Crippen LogP contribution in [0.1, 0.15) is 20.9 Å². The zero-order chi connectivity index (χ0) is 20.1. The van der Waals surface area contributed by atoms with Crippen molar-refractivity contribution in [2.24, 2.45) is 0 Å². The van der Waals surface area contributed by atoms with E-state index >= 15 is 0 Å². The van der Waals surface area contributed by atoms with Crippen molar-refractivity contribution in [3.63, 3.8) is 0 Å². The highest BCUT2D eigenvalue weighted by molar-refractivity contribution is 7.17. The molecule has 9 heteroatoms. The van der Waals surface area contributed by atoms with Crippen LogP contribution in [0, 0.1) is 6.92 Å². The first-order valence-corrected chi connectivity index (χ1v) is 9.54. The van der Waals surface area contributed by atoms with Crippen LogP contribution in [0.2, 0.25) is 5.02 Å². The van der Waals surface area contributed by atoms with Crippen LogP contribution in [0.5, 0.6) is 11.5 Å². The lowest BCUT2D eigenvalue weighted by molar-refractivity contribution is 0.0954. The first-order chi connectivity index (χ1) is 13.5. The number of hydrogen-bond acceptors (Lipinski definition) is 7. The molecular formula is C19H19ClN4O3S. The molecule has 2 heterocycles. The summed E-state index contributed by atoms with van der Waals surface area (Å²) in [5.74, 6) is 1.67. The molecule has 0 aliphatic heterocycles. The number of carbonyl (C=O) groups excluding carboxylic acids is 1. The summed E-state index contributed by atoms with van der Waals surface area (Å²) in [6.07, 6.45) is 1.54. The number of benzene rings is 1. The van der Waals surface area contributed by atoms with Crippen LogP contribution in [-0.4, -0.2) is 30.1 Å². The molecule has 1 aromatic carbocycles. The summed E-state index contributed by atoms with van der Waals surface area (Å²) in [4.78, 5) is 21.7. The molecule has 146 valence electrons. The van der Waals surface area contributed by atoms with Gasteiger partial charge in [0.25, 0.3) is 5.91 Å². The summed E-state index contributed by atoms with van der Waals surface area (Å²) in [7, 11) is 3.15. The van der Waals surface area contributed by atoms with Crippen molar-refractivity contribution in [1.29, 1.82) is 0 Å². The lowest BCUT2D eigenvalue weighted by Crippen LogP contribution is -2.22. The smallest absolute Gasteiger partial charge is 0.263 e. The summed E-state index contributed by atoms with van der Waals surface area (Å²) >= 11 is 7.10. The van der Waals surface area contributed by atoms with Crippen LogP contribution in [0.25, 0.3) is 0 Å². The standard InChI is InChI=1S/C19H19ClN4O3S/c1-11-17(28-19(23-11)24-16-7-5-13(20)10-21-16)18(25)22-9-12-4-6-14(26-2)15(8-12)27-3/h4-8,10H,9H2,1-3H3,(H,22,25)(H,21,23,24). The predicted octanol–water partition coefficient (Wildman–Crippen LogP) is 4.19. The molecule has 0 aliphatic carbocycles. The summed E-state index contributed by atoms with van der Waals surface area (Å²) in [6.45, 7) is 2.15. The number of methoxy groups -OCH3 is 2. The lowest BCUT2D eigenvalue weighted by Gasteiger charge is -2.10. The molecule has 0 radical (unpaired) electrons. The van der Waals surface area contributed by atoms with Gasteiger partial charge in [-0.15, -0.1) is 0 Å². The van der Waals surface area contributed by atoms with Gasteiger partial charge in [0, 0.05) is 12.7 Å². The monoisotopic (exact) mass is 418 g/mol. The molecule has 0 atom stereocenters. The van der Waals surface area contributed by atoms with E-state index in [1.54, 1.807) is 45.5 Å². The van der Waals surface area contributed by atoms with Gasteiger partial charge in [-0.05, 0) is 36.8 Å². The Morgan fingerprint density at radius 3 is 2.64 bits per heavy atom. The van der Waals surface area contributed by atoms with Crippen molar-refractivity contribution in [3.8, 4) is 11.5 Å². The Balaban J connectivity index is 1.66. The fourth-order valence-electron chi connectivity index (χ4n) is 2.47. The van der Waals surface area contributed by atoms with Crippen LogP contribution in [0.15, 0.2) is 36.5 Å². The number of aromatic nitrogens is 2. The highest BCUT2D eigenvalue weighted by atomic mass is 35.5. The topological polar surface area (TPSA) is 85.4 Å². The number of carbonyl (C=O) groups is 1. The van der Waals surface area contributed by atoms with Gasteiger partial charge in [0.15, 0.2) is 16.6 Å². The summed E-state index contributed by atoms with van der Waals surface area (Å²) in [5, 5.41) is 7.12. The average Bonchev–Trinajstić information content (AvgIpc) is 3.07. The van der Waals surface area contributed by atoms with Gasteiger partial charge in [-0.25, -0.2) is 9.97 Å². The summed E-state index contributed by atoms with van der Waals surface area (Å²) in [5.41, 5.74) is 1.54. The van der Waals surface area contributed by atoms with Gasteiger partial charge in [-0.1, -0.05) is 29.0 Å². The maximum Gasteiger partial charge on any atom is 0.263 e. The van der Waals surface area contributed by atoms with Crippen LogP contribution >= 0.6 is 22.9 Å². The largest absolute Gasteiger partial charge is 0.493 e. The highest BCUT2D eigenvalue weighted by Gasteiger charge is 2.16. The van der Waals surface area contributed by atoms with Crippen molar-refractivity contribution in [3.05, 3.63) is 57.7 Å².